The van der Waals surface area contributed by atoms with Crippen molar-refractivity contribution in [2.45, 2.75) is 101 Å². The summed E-state index contributed by atoms with van der Waals surface area (Å²) in [6.45, 7) is 12.4. The van der Waals surface area contributed by atoms with Gasteiger partial charge in [-0.05, 0) is 136 Å². The standard InChI is InChI=1S/C31H52N2P2/c1-29(2,3)35-28(30-16-21-13-22(17-30)15-23(14-21)18-30)26-9-4-10-27(26)31(34,24-7-5-11-32-19-24)25-8-6-12-33-20-25/h4,9-10,21-26,28,32-33,35H,5-8,11-20,34H2,1-3H3. The minimum Gasteiger partial charge on any atom is -0.316 e. The molecule has 6 fully saturated rings. The van der Waals surface area contributed by atoms with Crippen LogP contribution in [-0.4, -0.2) is 42.2 Å². The molecule has 6 unspecified atom stereocenters. The van der Waals surface area contributed by atoms with Crippen molar-refractivity contribution in [3.63, 3.8) is 0 Å². The van der Waals surface area contributed by atoms with E-state index in [0.717, 1.165) is 43.8 Å². The topological polar surface area (TPSA) is 24.1 Å². The van der Waals surface area contributed by atoms with E-state index in [1.165, 1.54) is 51.9 Å². The molecular weight excluding hydrogens is 462 g/mol. The molecule has 196 valence electrons. The van der Waals surface area contributed by atoms with Crippen LogP contribution in [0.3, 0.4) is 0 Å². The van der Waals surface area contributed by atoms with Gasteiger partial charge in [0.15, 0.2) is 0 Å². The lowest BCUT2D eigenvalue weighted by atomic mass is 9.47. The number of allylic oxidation sites excluding steroid dienone is 4. The number of nitrogens with one attached hydrogen (secondary N) is 2. The van der Waals surface area contributed by atoms with Crippen LogP contribution in [-0.2, 0) is 0 Å². The number of hydrogen-bond acceptors (Lipinski definition) is 2. The zero-order chi connectivity index (χ0) is 24.3. The molecule has 0 radical (unpaired) electrons. The molecule has 2 aliphatic heterocycles. The predicted octanol–water partition coefficient (Wildman–Crippen LogP) is 6.77. The number of piperidine rings is 2. The lowest BCUT2D eigenvalue weighted by molar-refractivity contribution is -0.0580. The molecule has 35 heavy (non-hydrogen) atoms. The fourth-order valence-corrected chi connectivity index (χ4v) is 13.1. The van der Waals surface area contributed by atoms with Crippen LogP contribution in [0.5, 0.6) is 0 Å². The SMILES string of the molecule is CC(C)(C)PC(C1C=CC=C1C(P)(C1CCCNC1)C1CCCNC1)C12CC3CC(CC(C3)C1)C2. The van der Waals surface area contributed by atoms with Gasteiger partial charge < -0.3 is 10.6 Å². The quantitative estimate of drug-likeness (QED) is 0.382. The van der Waals surface area contributed by atoms with E-state index < -0.39 is 0 Å². The van der Waals surface area contributed by atoms with Crippen molar-refractivity contribution >= 4 is 17.8 Å². The normalized spacial score (nSPS) is 44.1. The summed E-state index contributed by atoms with van der Waals surface area (Å²) in [5, 5.41) is 8.28. The highest BCUT2D eigenvalue weighted by molar-refractivity contribution is 7.40. The monoisotopic (exact) mass is 514 g/mol. The van der Waals surface area contributed by atoms with Gasteiger partial charge in [0.05, 0.1) is 0 Å². The molecule has 2 heterocycles. The maximum Gasteiger partial charge on any atom is 0.0146 e. The van der Waals surface area contributed by atoms with Crippen molar-refractivity contribution in [2.75, 3.05) is 26.2 Å². The first-order chi connectivity index (χ1) is 16.8. The zero-order valence-corrected chi connectivity index (χ0v) is 24.9. The van der Waals surface area contributed by atoms with Gasteiger partial charge in [-0.15, -0.1) is 17.8 Å². The van der Waals surface area contributed by atoms with E-state index in [4.69, 9.17) is 0 Å². The molecule has 0 spiro atoms. The summed E-state index contributed by atoms with van der Waals surface area (Å²) in [6, 6.07) is 0. The van der Waals surface area contributed by atoms with Crippen LogP contribution >= 0.6 is 17.8 Å². The highest BCUT2D eigenvalue weighted by atomic mass is 31.1. The van der Waals surface area contributed by atoms with Crippen LogP contribution in [0.15, 0.2) is 23.8 Å². The van der Waals surface area contributed by atoms with Gasteiger partial charge in [-0.3, -0.25) is 0 Å². The fraction of sp³-hybridized carbons (Fsp3) is 0.871. The lowest BCUT2D eigenvalue weighted by Crippen LogP contribution is -2.56. The van der Waals surface area contributed by atoms with E-state index in [1.54, 1.807) is 38.5 Å². The van der Waals surface area contributed by atoms with E-state index in [-0.39, 0.29) is 5.16 Å². The van der Waals surface area contributed by atoms with Gasteiger partial charge in [-0.25, -0.2) is 0 Å². The fourth-order valence-electron chi connectivity index (χ4n) is 10.2. The Morgan fingerprint density at radius 1 is 0.914 bits per heavy atom. The Morgan fingerprint density at radius 3 is 1.91 bits per heavy atom. The van der Waals surface area contributed by atoms with Crippen molar-refractivity contribution in [1.29, 1.82) is 0 Å². The van der Waals surface area contributed by atoms with Crippen molar-refractivity contribution in [3.8, 4) is 0 Å². The number of hydrogen-bond donors (Lipinski definition) is 2. The summed E-state index contributed by atoms with van der Waals surface area (Å²) in [4.78, 5) is 0. The molecule has 5 aliphatic carbocycles. The van der Waals surface area contributed by atoms with Gasteiger partial charge in [0.25, 0.3) is 0 Å². The molecule has 7 aliphatic rings. The smallest absolute Gasteiger partial charge is 0.0146 e. The van der Waals surface area contributed by atoms with Crippen LogP contribution in [0.1, 0.15) is 85.0 Å². The maximum atomic E-state index is 3.81. The molecule has 4 saturated carbocycles. The van der Waals surface area contributed by atoms with Crippen molar-refractivity contribution in [3.05, 3.63) is 23.8 Å². The summed E-state index contributed by atoms with van der Waals surface area (Å²) >= 11 is 0. The highest BCUT2D eigenvalue weighted by Gasteiger charge is 2.58. The van der Waals surface area contributed by atoms with E-state index in [2.05, 4.69) is 58.9 Å². The first kappa shape index (κ1) is 25.5. The molecule has 0 aromatic heterocycles. The molecule has 4 heteroatoms. The first-order valence-electron chi connectivity index (χ1n) is 15.1. The molecule has 6 atom stereocenters. The second kappa shape index (κ2) is 9.78. The molecule has 2 saturated heterocycles. The Morgan fingerprint density at radius 2 is 1.46 bits per heavy atom. The maximum absolute atomic E-state index is 3.81. The van der Waals surface area contributed by atoms with Crippen LogP contribution in [0.25, 0.3) is 0 Å². The summed E-state index contributed by atoms with van der Waals surface area (Å²) in [7, 11) is 4.64. The average Bonchev–Trinajstić information content (AvgIpc) is 3.32. The van der Waals surface area contributed by atoms with E-state index in [9.17, 15) is 0 Å². The molecule has 2 N–H and O–H groups in total. The van der Waals surface area contributed by atoms with Gasteiger partial charge in [0.2, 0.25) is 0 Å². The van der Waals surface area contributed by atoms with Gasteiger partial charge in [-0.2, -0.15) is 0 Å². The molecule has 0 aromatic carbocycles. The average molecular weight is 515 g/mol. The summed E-state index contributed by atoms with van der Waals surface area (Å²) in [6.07, 6.45) is 22.6. The van der Waals surface area contributed by atoms with Crippen molar-refractivity contribution in [2.24, 2.45) is 40.9 Å². The number of rotatable bonds is 6. The molecule has 4 bridgehead atoms. The Hall–Kier alpha value is 0.260. The van der Waals surface area contributed by atoms with E-state index >= 15 is 0 Å². The van der Waals surface area contributed by atoms with Crippen LogP contribution in [0.4, 0.5) is 0 Å². The van der Waals surface area contributed by atoms with Crippen LogP contribution in [0.2, 0.25) is 0 Å². The Balaban J connectivity index is 1.38. The minimum absolute atomic E-state index is 0.234. The third kappa shape index (κ3) is 4.79. The molecule has 2 nitrogen and oxygen atoms in total. The Labute approximate surface area is 220 Å². The second-order valence-corrected chi connectivity index (χ2v) is 18.1. The van der Waals surface area contributed by atoms with Gasteiger partial charge in [-0.1, -0.05) is 44.6 Å². The molecule has 0 aromatic rings. The highest BCUT2D eigenvalue weighted by Crippen LogP contribution is 2.68. The molecule has 0 amide bonds. The second-order valence-electron chi connectivity index (χ2n) is 14.7. The van der Waals surface area contributed by atoms with Gasteiger partial charge in [0.1, 0.15) is 0 Å². The van der Waals surface area contributed by atoms with E-state index in [0.29, 0.717) is 16.5 Å². The van der Waals surface area contributed by atoms with Crippen molar-refractivity contribution < 1.29 is 0 Å². The third-order valence-corrected chi connectivity index (χ3v) is 14.5. The third-order valence-electron chi connectivity index (χ3n) is 11.1. The molecular formula is C31H52N2P2. The van der Waals surface area contributed by atoms with Gasteiger partial charge in [0, 0.05) is 11.1 Å². The largest absolute Gasteiger partial charge is 0.316 e. The summed E-state index contributed by atoms with van der Waals surface area (Å²) in [5.74, 6) is 5.27. The van der Waals surface area contributed by atoms with Crippen LogP contribution < -0.4 is 10.6 Å². The van der Waals surface area contributed by atoms with E-state index in [1.807, 2.05) is 5.57 Å². The summed E-state index contributed by atoms with van der Waals surface area (Å²) < 4.78 is 0. The van der Waals surface area contributed by atoms with Crippen molar-refractivity contribution in [1.82, 2.24) is 10.6 Å². The first-order valence-corrected chi connectivity index (χ1v) is 16.8. The van der Waals surface area contributed by atoms with Gasteiger partial charge >= 0.3 is 0 Å². The summed E-state index contributed by atoms with van der Waals surface area (Å²) in [5.41, 5.74) is 3.27. The predicted molar refractivity (Wildman–Crippen MR) is 157 cm³/mol. The Bertz CT molecular complexity index is 774. The zero-order valence-electron chi connectivity index (χ0n) is 22.8. The lowest BCUT2D eigenvalue weighted by Gasteiger charge is -2.62. The van der Waals surface area contributed by atoms with Crippen LogP contribution in [0, 0.1) is 40.9 Å². The molecule has 7 rings (SSSR count). The Kier molecular flexibility index (Phi) is 7.13. The minimum atomic E-state index is 0.234.